The van der Waals surface area contributed by atoms with Gasteiger partial charge in [-0.05, 0) is 12.1 Å². The zero-order valence-electron chi connectivity index (χ0n) is 9.18. The molecule has 2 aromatic heterocycles. The summed E-state index contributed by atoms with van der Waals surface area (Å²) in [5.41, 5.74) is 5.65. The Bertz CT molecular complexity index is 683. The van der Waals surface area contributed by atoms with E-state index in [1.165, 1.54) is 11.3 Å². The molecule has 1 radical (unpaired) electrons. The number of hydrogen-bond donors (Lipinski definition) is 0. The molecule has 0 saturated heterocycles. The van der Waals surface area contributed by atoms with Crippen LogP contribution in [0, 0.1) is 5.51 Å². The second-order valence-corrected chi connectivity index (χ2v) is 4.46. The molecule has 83 valence electrons. The highest BCUT2D eigenvalue weighted by atomic mass is 32.1. The van der Waals surface area contributed by atoms with E-state index < -0.39 is 0 Å². The van der Waals surface area contributed by atoms with Crippen LogP contribution in [-0.2, 0) is 0 Å². The largest absolute Gasteiger partial charge is 0.287 e. The van der Waals surface area contributed by atoms with Gasteiger partial charge in [0.05, 0.1) is 11.2 Å². The number of carbonyl (C=O) groups excluding carboxylic acids is 1. The third kappa shape index (κ3) is 1.66. The van der Waals surface area contributed by atoms with Crippen LogP contribution in [0.2, 0.25) is 0 Å². The van der Waals surface area contributed by atoms with Crippen molar-refractivity contribution in [3.63, 3.8) is 0 Å². The van der Waals surface area contributed by atoms with Crippen molar-refractivity contribution >= 4 is 28.1 Å². The minimum atomic E-state index is 0.0157. The van der Waals surface area contributed by atoms with E-state index in [-0.39, 0.29) is 5.91 Å². The van der Waals surface area contributed by atoms with Crippen LogP contribution >= 0.6 is 11.3 Å². The normalized spacial score (nSPS) is 10.9. The van der Waals surface area contributed by atoms with Crippen LogP contribution in [-0.4, -0.2) is 15.5 Å². The third-order valence-corrected chi connectivity index (χ3v) is 3.26. The van der Waals surface area contributed by atoms with Crippen molar-refractivity contribution in [1.29, 1.82) is 0 Å². The van der Waals surface area contributed by atoms with Crippen LogP contribution in [0.1, 0.15) is 11.7 Å². The van der Waals surface area contributed by atoms with Crippen LogP contribution in [0.25, 0.3) is 22.2 Å². The summed E-state index contributed by atoms with van der Waals surface area (Å²) in [7, 11) is 0. The van der Waals surface area contributed by atoms with Gasteiger partial charge in [0.1, 0.15) is 0 Å². The molecule has 0 saturated carbocycles. The van der Waals surface area contributed by atoms with Crippen molar-refractivity contribution in [1.82, 2.24) is 9.55 Å². The molecule has 0 fully saturated rings. The van der Waals surface area contributed by atoms with Crippen LogP contribution < -0.4 is 0 Å². The minimum Gasteiger partial charge on any atom is -0.287 e. The average molecular weight is 241 g/mol. The van der Waals surface area contributed by atoms with Crippen molar-refractivity contribution in [3.05, 3.63) is 41.4 Å². The first-order chi connectivity index (χ1) is 8.25. The fourth-order valence-electron chi connectivity index (χ4n) is 1.88. The Balaban J connectivity index is 2.24. The molecule has 3 rings (SSSR count). The Morgan fingerprint density at radius 3 is 3.00 bits per heavy atom. The number of hydrogen-bond acceptors (Lipinski definition) is 3. The number of nitrogens with zero attached hydrogens (tertiary/aromatic N) is 2. The SMILES string of the molecule is CC(=O)n1ccc2ccc(-c3cs[c]n3)cc21. The van der Waals surface area contributed by atoms with Gasteiger partial charge in [0.15, 0.2) is 5.51 Å². The molecule has 2 heterocycles. The average Bonchev–Trinajstić information content (AvgIpc) is 2.97. The van der Waals surface area contributed by atoms with Gasteiger partial charge in [0.2, 0.25) is 5.91 Å². The zero-order valence-corrected chi connectivity index (χ0v) is 9.99. The fourth-order valence-corrected chi connectivity index (χ4v) is 2.38. The molecule has 0 unspecified atom stereocenters. The number of aromatic nitrogens is 2. The Morgan fingerprint density at radius 2 is 2.29 bits per heavy atom. The van der Waals surface area contributed by atoms with Crippen LogP contribution in [0.3, 0.4) is 0 Å². The van der Waals surface area contributed by atoms with E-state index in [2.05, 4.69) is 10.5 Å². The van der Waals surface area contributed by atoms with Crippen LogP contribution in [0.15, 0.2) is 35.8 Å². The molecule has 0 aliphatic carbocycles. The second kappa shape index (κ2) is 3.82. The Labute approximate surface area is 102 Å². The number of fused-ring (bicyclic) bond motifs is 1. The molecule has 0 amide bonds. The van der Waals surface area contributed by atoms with Gasteiger partial charge in [0.25, 0.3) is 0 Å². The number of carbonyl (C=O) groups is 1. The topological polar surface area (TPSA) is 34.9 Å². The highest BCUT2D eigenvalue weighted by Crippen LogP contribution is 2.24. The van der Waals surface area contributed by atoms with E-state index in [9.17, 15) is 4.79 Å². The standard InChI is InChI=1S/C13H9N2OS/c1-9(16)15-5-4-10-2-3-11(6-13(10)15)12-7-17-8-14-12/h2-7H,1H3. The molecule has 0 N–H and O–H groups in total. The summed E-state index contributed by atoms with van der Waals surface area (Å²) >= 11 is 1.44. The summed E-state index contributed by atoms with van der Waals surface area (Å²) < 4.78 is 1.65. The summed E-state index contributed by atoms with van der Waals surface area (Å²) in [6, 6.07) is 7.94. The maximum Gasteiger partial charge on any atom is 0.227 e. The van der Waals surface area contributed by atoms with Crippen LogP contribution in [0.5, 0.6) is 0 Å². The molecule has 1 aromatic carbocycles. The first-order valence-electron chi connectivity index (χ1n) is 5.20. The Morgan fingerprint density at radius 1 is 1.41 bits per heavy atom. The van der Waals surface area contributed by atoms with Gasteiger partial charge < -0.3 is 0 Å². The summed E-state index contributed by atoms with van der Waals surface area (Å²) in [6.07, 6.45) is 1.80. The van der Waals surface area contributed by atoms with E-state index in [1.807, 2.05) is 29.6 Å². The lowest BCUT2D eigenvalue weighted by atomic mass is 10.1. The third-order valence-electron chi connectivity index (χ3n) is 2.72. The van der Waals surface area contributed by atoms with Crippen molar-refractivity contribution in [3.8, 4) is 11.3 Å². The Hall–Kier alpha value is -1.94. The first kappa shape index (κ1) is 10.2. The predicted octanol–water partition coefficient (Wildman–Crippen LogP) is 3.23. The lowest BCUT2D eigenvalue weighted by molar-refractivity contribution is 0.0941. The van der Waals surface area contributed by atoms with E-state index >= 15 is 0 Å². The highest BCUT2D eigenvalue weighted by molar-refractivity contribution is 7.07. The molecule has 0 atom stereocenters. The zero-order chi connectivity index (χ0) is 11.8. The van der Waals surface area contributed by atoms with E-state index in [1.54, 1.807) is 17.7 Å². The van der Waals surface area contributed by atoms with Crippen molar-refractivity contribution in [2.75, 3.05) is 0 Å². The highest BCUT2D eigenvalue weighted by Gasteiger charge is 2.07. The molecule has 17 heavy (non-hydrogen) atoms. The van der Waals surface area contributed by atoms with Gasteiger partial charge in [-0.25, -0.2) is 4.98 Å². The van der Waals surface area contributed by atoms with Gasteiger partial charge in [0, 0.05) is 29.5 Å². The minimum absolute atomic E-state index is 0.0157. The molecule has 0 spiro atoms. The maximum atomic E-state index is 11.5. The molecule has 3 nitrogen and oxygen atoms in total. The predicted molar refractivity (Wildman–Crippen MR) is 68.2 cm³/mol. The molecule has 3 aromatic rings. The van der Waals surface area contributed by atoms with Crippen molar-refractivity contribution < 1.29 is 4.79 Å². The van der Waals surface area contributed by atoms with Crippen LogP contribution in [0.4, 0.5) is 0 Å². The van der Waals surface area contributed by atoms with Crippen molar-refractivity contribution in [2.45, 2.75) is 6.92 Å². The number of rotatable bonds is 1. The quantitative estimate of drug-likeness (QED) is 0.655. The lowest BCUT2D eigenvalue weighted by Crippen LogP contribution is -2.02. The van der Waals surface area contributed by atoms with E-state index in [0.29, 0.717) is 0 Å². The first-order valence-corrected chi connectivity index (χ1v) is 6.07. The summed E-state index contributed by atoms with van der Waals surface area (Å²) in [4.78, 5) is 15.6. The molecular weight excluding hydrogens is 232 g/mol. The van der Waals surface area contributed by atoms with E-state index in [4.69, 9.17) is 0 Å². The van der Waals surface area contributed by atoms with Gasteiger partial charge in [-0.15, -0.1) is 11.3 Å². The number of thiazole rings is 1. The van der Waals surface area contributed by atoms with Gasteiger partial charge >= 0.3 is 0 Å². The summed E-state index contributed by atoms with van der Waals surface area (Å²) in [5, 5.41) is 3.01. The smallest absolute Gasteiger partial charge is 0.227 e. The second-order valence-electron chi connectivity index (χ2n) is 3.80. The Kier molecular flexibility index (Phi) is 2.30. The lowest BCUT2D eigenvalue weighted by Gasteiger charge is -2.01. The summed E-state index contributed by atoms with van der Waals surface area (Å²) in [5.74, 6) is 0.0157. The molecule has 0 bridgehead atoms. The molecule has 0 aliphatic heterocycles. The maximum absolute atomic E-state index is 11.5. The van der Waals surface area contributed by atoms with Gasteiger partial charge in [-0.2, -0.15) is 0 Å². The molecule has 0 aliphatic rings. The number of benzene rings is 1. The van der Waals surface area contributed by atoms with Gasteiger partial charge in [-0.1, -0.05) is 12.1 Å². The summed E-state index contributed by atoms with van der Waals surface area (Å²) in [6.45, 7) is 1.56. The van der Waals surface area contributed by atoms with Crippen molar-refractivity contribution in [2.24, 2.45) is 0 Å². The molecular formula is C13H9N2OS. The van der Waals surface area contributed by atoms with E-state index in [0.717, 1.165) is 22.2 Å². The fraction of sp³-hybridized carbons (Fsp3) is 0.0769. The molecule has 4 heteroatoms. The van der Waals surface area contributed by atoms with Gasteiger partial charge in [-0.3, -0.25) is 9.36 Å². The monoisotopic (exact) mass is 241 g/mol.